The van der Waals surface area contributed by atoms with Crippen LogP contribution in [0.15, 0.2) is 70.8 Å². The van der Waals surface area contributed by atoms with Crippen molar-refractivity contribution in [1.82, 2.24) is 10.4 Å². The van der Waals surface area contributed by atoms with E-state index >= 15 is 0 Å². The summed E-state index contributed by atoms with van der Waals surface area (Å²) >= 11 is 0. The Hall–Kier alpha value is -4.08. The predicted molar refractivity (Wildman–Crippen MR) is 144 cm³/mol. The highest BCUT2D eigenvalue weighted by atomic mass is 16.8. The predicted octanol–water partition coefficient (Wildman–Crippen LogP) is 4.42. The summed E-state index contributed by atoms with van der Waals surface area (Å²) in [4.78, 5) is 15.1. The average molecular weight is 506 g/mol. The number of aromatic nitrogens is 1. The maximum Gasteiger partial charge on any atom is 0.222 e. The number of ether oxygens (including phenoxy) is 1. The van der Waals surface area contributed by atoms with Gasteiger partial charge in [0.1, 0.15) is 5.82 Å². The smallest absolute Gasteiger partial charge is 0.222 e. The quantitative estimate of drug-likeness (QED) is 0.283. The first-order chi connectivity index (χ1) is 17.7. The van der Waals surface area contributed by atoms with Gasteiger partial charge < -0.3 is 25.8 Å². The number of anilines is 2. The molecule has 0 spiro atoms. The number of hydrazone groups is 1. The van der Waals surface area contributed by atoms with Crippen LogP contribution in [-0.2, 0) is 9.53 Å². The van der Waals surface area contributed by atoms with Gasteiger partial charge in [-0.05, 0) is 61.3 Å². The molecule has 1 amide bonds. The largest absolute Gasteiger partial charge is 0.612 e. The lowest BCUT2D eigenvalue weighted by molar-refractivity contribution is -0.377. The summed E-state index contributed by atoms with van der Waals surface area (Å²) in [5.74, 6) is 3.19. The summed E-state index contributed by atoms with van der Waals surface area (Å²) in [6, 6.07) is 3.71. The van der Waals surface area contributed by atoms with E-state index in [1.54, 1.807) is 24.4 Å². The number of carbonyl (C=O) groups is 1. The Kier molecular flexibility index (Phi) is 7.95. The number of rotatable bonds is 7. The fraction of sp³-hybridized carbons (Fsp3) is 0.407. The van der Waals surface area contributed by atoms with Crippen LogP contribution < -0.4 is 16.1 Å². The molecule has 10 heteroatoms. The molecule has 0 bridgehead atoms. The molecule has 196 valence electrons. The molecule has 3 N–H and O–H groups in total. The van der Waals surface area contributed by atoms with Crippen LogP contribution in [0.25, 0.3) is 0 Å². The number of nitrogens with zero attached hydrogens (tertiary/aromatic N) is 3. The Morgan fingerprint density at radius 2 is 2.00 bits per heavy atom. The normalized spacial score (nSPS) is 22.8. The van der Waals surface area contributed by atoms with Crippen molar-refractivity contribution in [2.45, 2.75) is 40.5 Å². The van der Waals surface area contributed by atoms with Crippen LogP contribution in [0.3, 0.4) is 0 Å². The first-order valence-corrected chi connectivity index (χ1v) is 12.5. The van der Waals surface area contributed by atoms with Crippen LogP contribution in [0.4, 0.5) is 11.5 Å². The molecule has 2 heterocycles. The minimum absolute atomic E-state index is 0.0356. The van der Waals surface area contributed by atoms with E-state index in [2.05, 4.69) is 53.0 Å². The third kappa shape index (κ3) is 6.58. The van der Waals surface area contributed by atoms with Gasteiger partial charge in [0.15, 0.2) is 0 Å². The molecule has 37 heavy (non-hydrogen) atoms. The Morgan fingerprint density at radius 1 is 1.24 bits per heavy atom. The molecule has 2 aliphatic carbocycles. The van der Waals surface area contributed by atoms with Gasteiger partial charge in [0.25, 0.3) is 0 Å². The molecule has 0 saturated heterocycles. The highest BCUT2D eigenvalue weighted by molar-refractivity contribution is 6.02. The SMILES string of the molecule is CC(=O)Nc1ccc(NC[C@@H]2C=C(C)[C@H](CC3=NNC(=C4C=CC(=[N+]([O-])[O-])C=C4)O3)C[C@H]2C(C)C)cn1. The fourth-order valence-corrected chi connectivity index (χ4v) is 4.93. The Labute approximate surface area is 216 Å². The van der Waals surface area contributed by atoms with Gasteiger partial charge in [-0.2, -0.15) is 4.90 Å². The van der Waals surface area contributed by atoms with Gasteiger partial charge in [-0.3, -0.25) is 4.79 Å². The summed E-state index contributed by atoms with van der Waals surface area (Å²) < 4.78 is 5.97. The maximum atomic E-state index is 11.2. The second-order valence-corrected chi connectivity index (χ2v) is 9.97. The molecule has 4 rings (SSSR count). The Morgan fingerprint density at radius 3 is 2.62 bits per heavy atom. The van der Waals surface area contributed by atoms with Gasteiger partial charge in [0, 0.05) is 37.6 Å². The average Bonchev–Trinajstić information content (AvgIpc) is 3.33. The summed E-state index contributed by atoms with van der Waals surface area (Å²) in [6.07, 6.45) is 12.0. The van der Waals surface area contributed by atoms with Crippen LogP contribution in [0.1, 0.15) is 40.5 Å². The van der Waals surface area contributed by atoms with Gasteiger partial charge in [-0.15, -0.1) is 5.10 Å². The van der Waals surface area contributed by atoms with Crippen molar-refractivity contribution in [1.29, 1.82) is 0 Å². The third-order valence-corrected chi connectivity index (χ3v) is 6.96. The lowest BCUT2D eigenvalue weighted by atomic mass is 9.70. The molecule has 0 radical (unpaired) electrons. The summed E-state index contributed by atoms with van der Waals surface area (Å²) in [5.41, 5.74) is 5.91. The Balaban J connectivity index is 1.37. The highest BCUT2D eigenvalue weighted by Crippen LogP contribution is 2.39. The van der Waals surface area contributed by atoms with E-state index < -0.39 is 4.90 Å². The van der Waals surface area contributed by atoms with Crippen molar-refractivity contribution < 1.29 is 14.4 Å². The molecule has 0 aromatic carbocycles. The summed E-state index contributed by atoms with van der Waals surface area (Å²) in [6.45, 7) is 8.95. The van der Waals surface area contributed by atoms with Crippen LogP contribution >= 0.6 is 0 Å². The number of allylic oxidation sites excluding steroid dienone is 6. The van der Waals surface area contributed by atoms with Gasteiger partial charge in [-0.25, -0.2) is 10.4 Å². The van der Waals surface area contributed by atoms with Crippen molar-refractivity contribution in [3.05, 3.63) is 76.2 Å². The van der Waals surface area contributed by atoms with Gasteiger partial charge >= 0.3 is 0 Å². The van der Waals surface area contributed by atoms with E-state index in [1.165, 1.54) is 24.6 Å². The molecule has 1 aromatic heterocycles. The zero-order valence-corrected chi connectivity index (χ0v) is 21.5. The van der Waals surface area contributed by atoms with Crippen molar-refractivity contribution in [3.63, 3.8) is 0 Å². The molecule has 3 aliphatic rings. The number of carbonyl (C=O) groups excluding carboxylic acids is 1. The molecule has 10 nitrogen and oxygen atoms in total. The standard InChI is InChI=1S/C27H33N6O4/c1-16(2)24-12-20(13-26-31-32-27(37-26)19-5-8-23(9-6-19)33(35)36)17(3)11-21(24)14-28-22-7-10-25(29-15-22)30-18(4)34/h5-11,15-16,20-21,24,28,32H,12-14H2,1-4H3,(H-,29,30,34,35,36)/q-1/t20-,21-,24-/m0/s1. The van der Waals surface area contributed by atoms with E-state index in [0.29, 0.717) is 53.3 Å². The van der Waals surface area contributed by atoms with Gasteiger partial charge in [0.05, 0.1) is 11.9 Å². The van der Waals surface area contributed by atoms with Gasteiger partial charge in [0.2, 0.25) is 23.4 Å². The van der Waals surface area contributed by atoms with Crippen LogP contribution in [-0.4, -0.2) is 33.9 Å². The lowest BCUT2D eigenvalue weighted by Gasteiger charge is -2.37. The zero-order chi connectivity index (χ0) is 26.5. The Bertz CT molecular complexity index is 1190. The first kappa shape index (κ1) is 26.0. The van der Waals surface area contributed by atoms with E-state index in [4.69, 9.17) is 4.74 Å². The van der Waals surface area contributed by atoms with Gasteiger partial charge in [-0.1, -0.05) is 25.5 Å². The summed E-state index contributed by atoms with van der Waals surface area (Å²) in [7, 11) is 0. The molecular weight excluding hydrogens is 472 g/mol. The minimum Gasteiger partial charge on any atom is -0.612 e. The fourth-order valence-electron chi connectivity index (χ4n) is 4.93. The van der Waals surface area contributed by atoms with E-state index in [0.717, 1.165) is 18.7 Å². The maximum absolute atomic E-state index is 11.2. The topological polar surface area (TPSA) is 137 Å². The van der Waals surface area contributed by atoms with E-state index in [9.17, 15) is 15.2 Å². The third-order valence-electron chi connectivity index (χ3n) is 6.96. The number of pyridine rings is 1. The van der Waals surface area contributed by atoms with Crippen molar-refractivity contribution in [3.8, 4) is 0 Å². The monoisotopic (exact) mass is 505 g/mol. The molecule has 0 unspecified atom stereocenters. The van der Waals surface area contributed by atoms with Crippen molar-refractivity contribution >= 4 is 29.0 Å². The van der Waals surface area contributed by atoms with Crippen LogP contribution in [0, 0.1) is 34.1 Å². The molecular formula is C27H33N6O4-. The number of amides is 1. The minimum atomic E-state index is -0.424. The molecule has 0 fully saturated rings. The van der Waals surface area contributed by atoms with E-state index in [1.807, 2.05) is 6.07 Å². The van der Waals surface area contributed by atoms with E-state index in [-0.39, 0.29) is 11.6 Å². The number of hydrogen-bond donors (Lipinski definition) is 3. The molecule has 3 atom stereocenters. The highest BCUT2D eigenvalue weighted by Gasteiger charge is 2.33. The first-order valence-electron chi connectivity index (χ1n) is 12.5. The second-order valence-electron chi connectivity index (χ2n) is 9.97. The number of hydrogen-bond acceptors (Lipinski definition) is 8. The zero-order valence-electron chi connectivity index (χ0n) is 21.5. The summed E-state index contributed by atoms with van der Waals surface area (Å²) in [5, 5.41) is 32.3. The molecule has 1 aromatic rings. The van der Waals surface area contributed by atoms with Crippen molar-refractivity contribution in [2.24, 2.45) is 28.8 Å². The lowest BCUT2D eigenvalue weighted by Crippen LogP contribution is -2.32. The van der Waals surface area contributed by atoms with Crippen molar-refractivity contribution in [2.75, 3.05) is 17.2 Å². The number of nitrogens with one attached hydrogen (secondary N) is 3. The second kappa shape index (κ2) is 11.3. The molecule has 1 aliphatic heterocycles. The van der Waals surface area contributed by atoms with Crippen LogP contribution in [0.5, 0.6) is 0 Å². The van der Waals surface area contributed by atoms with Crippen LogP contribution in [0.2, 0.25) is 0 Å². The molecule has 0 saturated carbocycles.